The predicted molar refractivity (Wildman–Crippen MR) is 86.7 cm³/mol. The molecular formula is C17H22ClN3. The summed E-state index contributed by atoms with van der Waals surface area (Å²) in [6.45, 7) is 5.13. The van der Waals surface area contributed by atoms with Gasteiger partial charge in [0.05, 0.1) is 5.69 Å². The Bertz CT molecular complexity index is 641. The second-order valence-corrected chi connectivity index (χ2v) is 6.51. The van der Waals surface area contributed by atoms with E-state index in [4.69, 9.17) is 11.6 Å². The first-order chi connectivity index (χ1) is 10.0. The Hall–Kier alpha value is -1.32. The Morgan fingerprint density at radius 2 is 2.10 bits per heavy atom. The van der Waals surface area contributed by atoms with Gasteiger partial charge in [-0.25, -0.2) is 0 Å². The van der Waals surface area contributed by atoms with Crippen molar-refractivity contribution in [1.82, 2.24) is 15.1 Å². The van der Waals surface area contributed by atoms with E-state index in [2.05, 4.69) is 36.4 Å². The maximum atomic E-state index is 6.06. The molecule has 2 aromatic rings. The Balaban J connectivity index is 1.53. The first-order valence-electron chi connectivity index (χ1n) is 7.52. The van der Waals surface area contributed by atoms with Gasteiger partial charge in [-0.1, -0.05) is 23.7 Å². The van der Waals surface area contributed by atoms with E-state index in [9.17, 15) is 0 Å². The zero-order valence-corrected chi connectivity index (χ0v) is 13.6. The minimum atomic E-state index is 0.605. The molecule has 1 saturated carbocycles. The van der Waals surface area contributed by atoms with Crippen molar-refractivity contribution in [3.63, 3.8) is 0 Å². The summed E-state index contributed by atoms with van der Waals surface area (Å²) in [5.74, 6) is 0.650. The zero-order valence-electron chi connectivity index (χ0n) is 12.9. The molecule has 0 aliphatic heterocycles. The van der Waals surface area contributed by atoms with E-state index in [1.165, 1.54) is 29.7 Å². The molecule has 3 nitrogen and oxygen atoms in total. The summed E-state index contributed by atoms with van der Waals surface area (Å²) in [5, 5.41) is 8.96. The van der Waals surface area contributed by atoms with E-state index >= 15 is 0 Å². The van der Waals surface area contributed by atoms with Crippen LogP contribution >= 0.6 is 11.6 Å². The van der Waals surface area contributed by atoms with Crippen molar-refractivity contribution in [2.45, 2.75) is 45.2 Å². The van der Waals surface area contributed by atoms with Gasteiger partial charge >= 0.3 is 0 Å². The average Bonchev–Trinajstić information content (AvgIpc) is 2.63. The third-order valence-electron chi connectivity index (χ3n) is 4.68. The van der Waals surface area contributed by atoms with Crippen LogP contribution in [0.5, 0.6) is 0 Å². The smallest absolute Gasteiger partial charge is 0.0641 e. The molecule has 0 bridgehead atoms. The lowest BCUT2D eigenvalue weighted by molar-refractivity contribution is 0.289. The highest BCUT2D eigenvalue weighted by Crippen LogP contribution is 2.37. The number of aromatic nitrogens is 2. The molecule has 0 atom stereocenters. The monoisotopic (exact) mass is 303 g/mol. The topological polar surface area (TPSA) is 29.9 Å². The SMILES string of the molecule is Cc1nn(C)c(C)c1CNC1CC(c2cccc(Cl)c2)C1. The third-order valence-corrected chi connectivity index (χ3v) is 4.92. The molecule has 1 aromatic carbocycles. The van der Waals surface area contributed by atoms with Crippen molar-refractivity contribution in [2.75, 3.05) is 0 Å². The number of halogens is 1. The van der Waals surface area contributed by atoms with Crippen LogP contribution in [0.15, 0.2) is 24.3 Å². The zero-order chi connectivity index (χ0) is 15.0. The molecule has 1 aliphatic carbocycles. The summed E-state index contributed by atoms with van der Waals surface area (Å²) < 4.78 is 1.96. The number of aryl methyl sites for hydroxylation is 2. The fourth-order valence-electron chi connectivity index (χ4n) is 3.14. The van der Waals surface area contributed by atoms with Gasteiger partial charge in [-0.2, -0.15) is 5.10 Å². The summed E-state index contributed by atoms with van der Waals surface area (Å²) >= 11 is 6.06. The van der Waals surface area contributed by atoms with Gasteiger partial charge in [-0.15, -0.1) is 0 Å². The van der Waals surface area contributed by atoms with Crippen molar-refractivity contribution >= 4 is 11.6 Å². The minimum absolute atomic E-state index is 0.605. The molecule has 1 aliphatic rings. The molecule has 21 heavy (non-hydrogen) atoms. The third kappa shape index (κ3) is 2.99. The minimum Gasteiger partial charge on any atom is -0.310 e. The van der Waals surface area contributed by atoms with E-state index < -0.39 is 0 Å². The number of hydrogen-bond donors (Lipinski definition) is 1. The molecular weight excluding hydrogens is 282 g/mol. The highest BCUT2D eigenvalue weighted by atomic mass is 35.5. The fraction of sp³-hybridized carbons (Fsp3) is 0.471. The molecule has 4 heteroatoms. The standard InChI is InChI=1S/C17H22ClN3/c1-11-17(12(2)21(3)20-11)10-19-16-8-14(9-16)13-5-4-6-15(18)7-13/h4-7,14,16,19H,8-10H2,1-3H3. The van der Waals surface area contributed by atoms with Gasteiger partial charge in [0.25, 0.3) is 0 Å². The number of hydrogen-bond acceptors (Lipinski definition) is 2. The average molecular weight is 304 g/mol. The molecule has 0 amide bonds. The summed E-state index contributed by atoms with van der Waals surface area (Å²) in [6, 6.07) is 8.86. The molecule has 1 heterocycles. The van der Waals surface area contributed by atoms with Crippen molar-refractivity contribution in [1.29, 1.82) is 0 Å². The van der Waals surface area contributed by atoms with Gasteiger partial charge in [-0.05, 0) is 50.3 Å². The van der Waals surface area contributed by atoms with Crippen LogP contribution in [0.3, 0.4) is 0 Å². The maximum Gasteiger partial charge on any atom is 0.0641 e. The Kier molecular flexibility index (Phi) is 4.05. The number of nitrogens with zero attached hydrogens (tertiary/aromatic N) is 2. The van der Waals surface area contributed by atoms with Crippen LogP contribution in [0.1, 0.15) is 41.3 Å². The lowest BCUT2D eigenvalue weighted by atomic mass is 9.76. The predicted octanol–water partition coefficient (Wildman–Crippen LogP) is 3.73. The molecule has 0 saturated heterocycles. The van der Waals surface area contributed by atoms with Crippen LogP contribution in [0.4, 0.5) is 0 Å². The quantitative estimate of drug-likeness (QED) is 0.933. The first-order valence-corrected chi connectivity index (χ1v) is 7.90. The molecule has 0 spiro atoms. The van der Waals surface area contributed by atoms with Crippen LogP contribution in [-0.2, 0) is 13.6 Å². The van der Waals surface area contributed by atoms with Crippen molar-refractivity contribution in [3.05, 3.63) is 51.8 Å². The van der Waals surface area contributed by atoms with Gasteiger partial charge < -0.3 is 5.32 Å². The summed E-state index contributed by atoms with van der Waals surface area (Å²) in [5.41, 5.74) is 5.09. The highest BCUT2D eigenvalue weighted by Gasteiger charge is 2.30. The molecule has 0 radical (unpaired) electrons. The van der Waals surface area contributed by atoms with Crippen LogP contribution < -0.4 is 5.32 Å². The normalized spacial score (nSPS) is 21.3. The van der Waals surface area contributed by atoms with E-state index in [1.807, 2.05) is 23.9 Å². The molecule has 112 valence electrons. The van der Waals surface area contributed by atoms with E-state index in [0.717, 1.165) is 17.3 Å². The summed E-state index contributed by atoms with van der Waals surface area (Å²) in [4.78, 5) is 0. The Morgan fingerprint density at radius 1 is 1.33 bits per heavy atom. The van der Waals surface area contributed by atoms with Gasteiger partial charge in [-0.3, -0.25) is 4.68 Å². The largest absolute Gasteiger partial charge is 0.310 e. The molecule has 1 aromatic heterocycles. The van der Waals surface area contributed by atoms with Gasteiger partial charge in [0.15, 0.2) is 0 Å². The van der Waals surface area contributed by atoms with Gasteiger partial charge in [0.2, 0.25) is 0 Å². The van der Waals surface area contributed by atoms with Crippen molar-refractivity contribution < 1.29 is 0 Å². The lowest BCUT2D eigenvalue weighted by Crippen LogP contribution is -2.39. The van der Waals surface area contributed by atoms with Gasteiger partial charge in [0.1, 0.15) is 0 Å². The number of nitrogens with one attached hydrogen (secondary N) is 1. The van der Waals surface area contributed by atoms with E-state index in [-0.39, 0.29) is 0 Å². The Labute approximate surface area is 131 Å². The Morgan fingerprint density at radius 3 is 2.71 bits per heavy atom. The molecule has 1 N–H and O–H groups in total. The van der Waals surface area contributed by atoms with Crippen molar-refractivity contribution in [2.24, 2.45) is 7.05 Å². The first kappa shape index (κ1) is 14.6. The van der Waals surface area contributed by atoms with Crippen LogP contribution in [0.2, 0.25) is 5.02 Å². The van der Waals surface area contributed by atoms with E-state index in [1.54, 1.807) is 0 Å². The highest BCUT2D eigenvalue weighted by molar-refractivity contribution is 6.30. The molecule has 3 rings (SSSR count). The number of benzene rings is 1. The maximum absolute atomic E-state index is 6.06. The summed E-state index contributed by atoms with van der Waals surface area (Å²) in [6.07, 6.45) is 2.39. The molecule has 0 unspecified atom stereocenters. The van der Waals surface area contributed by atoms with Crippen LogP contribution in [0.25, 0.3) is 0 Å². The number of rotatable bonds is 4. The van der Waals surface area contributed by atoms with Gasteiger partial charge in [0, 0.05) is 35.9 Å². The van der Waals surface area contributed by atoms with Crippen molar-refractivity contribution in [3.8, 4) is 0 Å². The molecule has 1 fully saturated rings. The lowest BCUT2D eigenvalue weighted by Gasteiger charge is -2.36. The summed E-state index contributed by atoms with van der Waals surface area (Å²) in [7, 11) is 2.00. The van der Waals surface area contributed by atoms with Crippen LogP contribution in [0, 0.1) is 13.8 Å². The fourth-order valence-corrected chi connectivity index (χ4v) is 3.34. The van der Waals surface area contributed by atoms with Crippen LogP contribution in [-0.4, -0.2) is 15.8 Å². The van der Waals surface area contributed by atoms with E-state index in [0.29, 0.717) is 12.0 Å². The second-order valence-electron chi connectivity index (χ2n) is 6.07. The second kappa shape index (κ2) is 5.82.